The molecule has 1 aromatic heterocycles. The van der Waals surface area contributed by atoms with Crippen LogP contribution in [0.2, 0.25) is 0 Å². The number of thioether (sulfide) groups is 1. The second-order valence-electron chi connectivity index (χ2n) is 4.46. The predicted octanol–water partition coefficient (Wildman–Crippen LogP) is 0.149. The number of amides is 1. The molecule has 7 nitrogen and oxygen atoms in total. The Morgan fingerprint density at radius 1 is 1.68 bits per heavy atom. The fraction of sp³-hybridized carbons (Fsp3) is 0.727. The summed E-state index contributed by atoms with van der Waals surface area (Å²) in [6.07, 6.45) is 2.00. The molecular formula is C11H18N4O3S. The molecule has 1 aliphatic rings. The van der Waals surface area contributed by atoms with Crippen molar-refractivity contribution in [1.29, 1.82) is 0 Å². The zero-order valence-corrected chi connectivity index (χ0v) is 11.8. The van der Waals surface area contributed by atoms with E-state index in [4.69, 9.17) is 4.74 Å². The minimum atomic E-state index is -0.301. The van der Waals surface area contributed by atoms with Gasteiger partial charge in [-0.3, -0.25) is 9.36 Å². The molecule has 1 fully saturated rings. The van der Waals surface area contributed by atoms with Crippen LogP contribution in [0, 0.1) is 0 Å². The van der Waals surface area contributed by atoms with Crippen molar-refractivity contribution in [2.45, 2.75) is 36.2 Å². The van der Waals surface area contributed by atoms with Gasteiger partial charge in [0.25, 0.3) is 0 Å². The average Bonchev–Trinajstić information content (AvgIpc) is 3.15. The minimum absolute atomic E-state index is 0.0835. The summed E-state index contributed by atoms with van der Waals surface area (Å²) in [6.45, 7) is 2.76. The third-order valence-corrected chi connectivity index (χ3v) is 3.91. The molecule has 0 radical (unpaired) electrons. The number of methoxy groups -OCH3 is 1. The number of H-pyrrole nitrogens is 1. The summed E-state index contributed by atoms with van der Waals surface area (Å²) in [6, 6.07) is 0.248. The van der Waals surface area contributed by atoms with E-state index < -0.39 is 0 Å². The van der Waals surface area contributed by atoms with Crippen LogP contribution in [-0.4, -0.2) is 46.2 Å². The highest BCUT2D eigenvalue weighted by molar-refractivity contribution is 8.00. The number of nitrogens with one attached hydrogen (secondary N) is 2. The molecule has 1 saturated carbocycles. The van der Waals surface area contributed by atoms with Crippen LogP contribution < -0.4 is 11.0 Å². The third kappa shape index (κ3) is 3.60. The summed E-state index contributed by atoms with van der Waals surface area (Å²) >= 11 is 1.29. The summed E-state index contributed by atoms with van der Waals surface area (Å²) in [5.41, 5.74) is -0.197. The zero-order valence-electron chi connectivity index (χ0n) is 11.0. The van der Waals surface area contributed by atoms with Gasteiger partial charge in [0.15, 0.2) is 5.16 Å². The van der Waals surface area contributed by atoms with Crippen molar-refractivity contribution in [3.63, 3.8) is 0 Å². The quantitative estimate of drug-likeness (QED) is 0.550. The number of carbonyl (C=O) groups is 1. The van der Waals surface area contributed by atoms with Gasteiger partial charge in [-0.1, -0.05) is 11.8 Å². The van der Waals surface area contributed by atoms with Crippen LogP contribution in [0.5, 0.6) is 0 Å². The van der Waals surface area contributed by atoms with Crippen molar-refractivity contribution in [3.8, 4) is 0 Å². The van der Waals surface area contributed by atoms with Gasteiger partial charge in [-0.05, 0) is 19.8 Å². The first-order valence-corrected chi connectivity index (χ1v) is 7.11. The van der Waals surface area contributed by atoms with Crippen molar-refractivity contribution in [3.05, 3.63) is 10.5 Å². The Labute approximate surface area is 115 Å². The SMILES string of the molecule is COCCNC(=O)[C@@H](C)Sc1n[nH]c(=O)n1C1CC1. The summed E-state index contributed by atoms with van der Waals surface area (Å²) in [5.74, 6) is -0.0835. The van der Waals surface area contributed by atoms with Crippen LogP contribution in [0.1, 0.15) is 25.8 Å². The first kappa shape index (κ1) is 14.1. The number of ether oxygens (including phenoxy) is 1. The van der Waals surface area contributed by atoms with Crippen LogP contribution in [0.15, 0.2) is 9.95 Å². The molecule has 1 atom stereocenters. The van der Waals surface area contributed by atoms with Gasteiger partial charge < -0.3 is 10.1 Å². The number of aromatic nitrogens is 3. The molecule has 1 aliphatic carbocycles. The van der Waals surface area contributed by atoms with E-state index in [0.717, 1.165) is 12.8 Å². The molecule has 19 heavy (non-hydrogen) atoms. The molecule has 0 aliphatic heterocycles. The Morgan fingerprint density at radius 2 is 2.42 bits per heavy atom. The van der Waals surface area contributed by atoms with Gasteiger partial charge >= 0.3 is 5.69 Å². The number of hydrogen-bond acceptors (Lipinski definition) is 5. The maximum Gasteiger partial charge on any atom is 0.344 e. The Bertz CT molecular complexity index is 494. The molecule has 2 rings (SSSR count). The predicted molar refractivity (Wildman–Crippen MR) is 71.3 cm³/mol. The summed E-state index contributed by atoms with van der Waals surface area (Å²) < 4.78 is 6.51. The van der Waals surface area contributed by atoms with Crippen molar-refractivity contribution in [2.24, 2.45) is 0 Å². The molecule has 0 unspecified atom stereocenters. The van der Waals surface area contributed by atoms with Gasteiger partial charge in [0.1, 0.15) is 0 Å². The molecule has 2 N–H and O–H groups in total. The summed E-state index contributed by atoms with van der Waals surface area (Å²) in [4.78, 5) is 23.4. The normalized spacial score (nSPS) is 16.3. The van der Waals surface area contributed by atoms with Gasteiger partial charge in [-0.25, -0.2) is 9.89 Å². The van der Waals surface area contributed by atoms with E-state index in [1.807, 2.05) is 0 Å². The van der Waals surface area contributed by atoms with E-state index in [2.05, 4.69) is 15.5 Å². The fourth-order valence-corrected chi connectivity index (χ4v) is 2.61. The molecule has 0 spiro atoms. The Hall–Kier alpha value is -1.28. The average molecular weight is 286 g/mol. The topological polar surface area (TPSA) is 89.0 Å². The van der Waals surface area contributed by atoms with Crippen molar-refractivity contribution in [2.75, 3.05) is 20.3 Å². The standard InChI is InChI=1S/C11H18N4O3S/c1-7(9(16)12-5-6-18-2)19-11-14-13-10(17)15(11)8-3-4-8/h7-8H,3-6H2,1-2H3,(H,12,16)(H,13,17)/t7-/m1/s1. The highest BCUT2D eigenvalue weighted by atomic mass is 32.2. The van der Waals surface area contributed by atoms with Crippen LogP contribution in [0.3, 0.4) is 0 Å². The van der Waals surface area contributed by atoms with E-state index >= 15 is 0 Å². The Balaban J connectivity index is 1.93. The van der Waals surface area contributed by atoms with Crippen molar-refractivity contribution >= 4 is 17.7 Å². The van der Waals surface area contributed by atoms with Crippen LogP contribution in [0.4, 0.5) is 0 Å². The number of rotatable bonds is 7. The molecule has 8 heteroatoms. The molecule has 1 heterocycles. The van der Waals surface area contributed by atoms with Gasteiger partial charge in [0.05, 0.1) is 11.9 Å². The maximum atomic E-state index is 11.8. The lowest BCUT2D eigenvalue weighted by Crippen LogP contribution is -2.33. The van der Waals surface area contributed by atoms with Gasteiger partial charge in [0, 0.05) is 19.7 Å². The summed E-state index contributed by atoms with van der Waals surface area (Å²) in [5, 5.41) is 9.47. The highest BCUT2D eigenvalue weighted by Crippen LogP contribution is 2.36. The van der Waals surface area contributed by atoms with Crippen LogP contribution in [-0.2, 0) is 9.53 Å². The second kappa shape index (κ2) is 6.25. The first-order valence-electron chi connectivity index (χ1n) is 6.23. The monoisotopic (exact) mass is 286 g/mol. The molecule has 1 aromatic rings. The number of hydrogen-bond donors (Lipinski definition) is 2. The Kier molecular flexibility index (Phi) is 4.65. The number of carbonyl (C=O) groups excluding carboxylic acids is 1. The van der Waals surface area contributed by atoms with E-state index in [9.17, 15) is 9.59 Å². The fourth-order valence-electron chi connectivity index (χ4n) is 1.66. The van der Waals surface area contributed by atoms with Gasteiger partial charge in [0.2, 0.25) is 5.91 Å². The van der Waals surface area contributed by atoms with E-state index in [-0.39, 0.29) is 22.9 Å². The van der Waals surface area contributed by atoms with Gasteiger partial charge in [-0.15, -0.1) is 5.10 Å². The zero-order chi connectivity index (χ0) is 13.8. The molecular weight excluding hydrogens is 268 g/mol. The van der Waals surface area contributed by atoms with E-state index in [0.29, 0.717) is 18.3 Å². The summed E-state index contributed by atoms with van der Waals surface area (Å²) in [7, 11) is 1.59. The first-order chi connectivity index (χ1) is 9.13. The van der Waals surface area contributed by atoms with Crippen molar-refractivity contribution in [1.82, 2.24) is 20.1 Å². The number of nitrogens with zero attached hydrogens (tertiary/aromatic N) is 2. The maximum absolute atomic E-state index is 11.8. The largest absolute Gasteiger partial charge is 0.383 e. The molecule has 0 aromatic carbocycles. The lowest BCUT2D eigenvalue weighted by atomic mass is 10.4. The third-order valence-electron chi connectivity index (χ3n) is 2.84. The minimum Gasteiger partial charge on any atom is -0.383 e. The van der Waals surface area contributed by atoms with Crippen LogP contribution in [0.25, 0.3) is 0 Å². The lowest BCUT2D eigenvalue weighted by molar-refractivity contribution is -0.120. The van der Waals surface area contributed by atoms with Gasteiger partial charge in [-0.2, -0.15) is 0 Å². The van der Waals surface area contributed by atoms with E-state index in [1.165, 1.54) is 11.8 Å². The highest BCUT2D eigenvalue weighted by Gasteiger charge is 2.29. The Morgan fingerprint density at radius 3 is 3.05 bits per heavy atom. The second-order valence-corrected chi connectivity index (χ2v) is 5.76. The molecule has 1 amide bonds. The molecule has 106 valence electrons. The smallest absolute Gasteiger partial charge is 0.344 e. The van der Waals surface area contributed by atoms with Crippen molar-refractivity contribution < 1.29 is 9.53 Å². The van der Waals surface area contributed by atoms with Crippen LogP contribution >= 0.6 is 11.8 Å². The molecule has 0 bridgehead atoms. The lowest BCUT2D eigenvalue weighted by Gasteiger charge is -2.11. The van der Waals surface area contributed by atoms with E-state index in [1.54, 1.807) is 18.6 Å². The number of aromatic amines is 1. The molecule has 0 saturated heterocycles.